The van der Waals surface area contributed by atoms with E-state index in [1.807, 2.05) is 20.8 Å². The predicted molar refractivity (Wildman–Crippen MR) is 66.7 cm³/mol. The van der Waals surface area contributed by atoms with Gasteiger partial charge in [-0.1, -0.05) is 6.58 Å². The number of piperidine rings is 1. The molecule has 17 heavy (non-hydrogen) atoms. The first kappa shape index (κ1) is 12.4. The number of rotatable bonds is 0. The molecule has 0 aromatic rings. The van der Waals surface area contributed by atoms with Crippen LogP contribution in [-0.4, -0.2) is 47.2 Å². The van der Waals surface area contributed by atoms with Crippen molar-refractivity contribution in [3.63, 3.8) is 0 Å². The van der Waals surface area contributed by atoms with Crippen molar-refractivity contribution in [2.24, 2.45) is 0 Å². The number of hydrogen-bond donors (Lipinski definition) is 0. The Kier molecular flexibility index (Phi) is 3.17. The van der Waals surface area contributed by atoms with Gasteiger partial charge in [-0.2, -0.15) is 0 Å². The van der Waals surface area contributed by atoms with Crippen molar-refractivity contribution in [2.45, 2.75) is 45.3 Å². The van der Waals surface area contributed by atoms with E-state index in [0.29, 0.717) is 0 Å². The first-order valence-corrected chi connectivity index (χ1v) is 6.29. The van der Waals surface area contributed by atoms with Crippen LogP contribution >= 0.6 is 0 Å². The summed E-state index contributed by atoms with van der Waals surface area (Å²) in [6, 6.07) is 0.274. The van der Waals surface area contributed by atoms with Gasteiger partial charge in [0.05, 0.1) is 0 Å². The lowest BCUT2D eigenvalue weighted by Crippen LogP contribution is -2.43. The average Bonchev–Trinajstić information content (AvgIpc) is 2.41. The zero-order valence-corrected chi connectivity index (χ0v) is 11.0. The largest absolute Gasteiger partial charge is 0.443 e. The summed E-state index contributed by atoms with van der Waals surface area (Å²) in [5.74, 6) is 0. The van der Waals surface area contributed by atoms with Crippen molar-refractivity contribution in [3.05, 3.63) is 12.3 Å². The maximum Gasteiger partial charge on any atom is 0.414 e. The van der Waals surface area contributed by atoms with E-state index >= 15 is 0 Å². The standard InChI is InChI=1S/C13H22N2O2/c1-10-9-14-7-5-11(6-8-14)15(10)12(16)17-13(2,3)4/h11H,1,5-9H2,2-4H3. The Balaban J connectivity index is 2.12. The minimum absolute atomic E-state index is 0.240. The highest BCUT2D eigenvalue weighted by molar-refractivity contribution is 5.71. The van der Waals surface area contributed by atoms with E-state index in [9.17, 15) is 4.79 Å². The molecule has 0 saturated carbocycles. The van der Waals surface area contributed by atoms with Crippen LogP contribution < -0.4 is 0 Å². The quantitative estimate of drug-likeness (QED) is 0.648. The van der Waals surface area contributed by atoms with Gasteiger partial charge in [0.2, 0.25) is 0 Å². The van der Waals surface area contributed by atoms with Gasteiger partial charge in [-0.25, -0.2) is 4.79 Å². The molecule has 0 spiro atoms. The molecule has 3 aliphatic heterocycles. The van der Waals surface area contributed by atoms with Crippen LogP contribution in [0.4, 0.5) is 4.79 Å². The molecule has 0 unspecified atom stereocenters. The van der Waals surface area contributed by atoms with Crippen molar-refractivity contribution in [1.29, 1.82) is 0 Å². The molecule has 2 bridgehead atoms. The number of hydrogen-bond acceptors (Lipinski definition) is 3. The Hall–Kier alpha value is -1.03. The smallest absolute Gasteiger partial charge is 0.414 e. The number of fused-ring (bicyclic) bond motifs is 4. The van der Waals surface area contributed by atoms with Gasteiger partial charge in [0.15, 0.2) is 0 Å². The number of amides is 1. The lowest BCUT2D eigenvalue weighted by molar-refractivity contribution is 0.0234. The Labute approximate surface area is 103 Å². The summed E-state index contributed by atoms with van der Waals surface area (Å²) in [6.45, 7) is 12.6. The van der Waals surface area contributed by atoms with Crippen LogP contribution in [0, 0.1) is 0 Å². The third-order valence-electron chi connectivity index (χ3n) is 3.26. The molecule has 3 saturated heterocycles. The van der Waals surface area contributed by atoms with Crippen LogP contribution in [-0.2, 0) is 4.74 Å². The van der Waals surface area contributed by atoms with Crippen molar-refractivity contribution in [1.82, 2.24) is 9.80 Å². The van der Waals surface area contributed by atoms with Crippen molar-refractivity contribution in [2.75, 3.05) is 19.6 Å². The zero-order chi connectivity index (χ0) is 12.6. The van der Waals surface area contributed by atoms with Gasteiger partial charge in [0.1, 0.15) is 5.60 Å². The fraction of sp³-hybridized carbons (Fsp3) is 0.769. The molecular formula is C13H22N2O2. The lowest BCUT2D eigenvalue weighted by Gasteiger charge is -2.33. The maximum atomic E-state index is 12.2. The Morgan fingerprint density at radius 1 is 1.35 bits per heavy atom. The van der Waals surface area contributed by atoms with E-state index in [0.717, 1.165) is 38.2 Å². The minimum Gasteiger partial charge on any atom is -0.443 e. The van der Waals surface area contributed by atoms with Crippen LogP contribution in [0.15, 0.2) is 12.3 Å². The molecule has 4 heteroatoms. The first-order chi connectivity index (χ1) is 7.87. The molecule has 0 N–H and O–H groups in total. The fourth-order valence-corrected chi connectivity index (χ4v) is 2.52. The molecule has 3 heterocycles. The maximum absolute atomic E-state index is 12.2. The molecule has 0 atom stereocenters. The first-order valence-electron chi connectivity index (χ1n) is 6.29. The molecule has 0 aromatic heterocycles. The third kappa shape index (κ3) is 2.80. The van der Waals surface area contributed by atoms with E-state index in [2.05, 4.69) is 11.5 Å². The normalized spacial score (nSPS) is 29.1. The summed E-state index contributed by atoms with van der Waals surface area (Å²) in [7, 11) is 0. The second-order valence-electron chi connectivity index (χ2n) is 5.92. The highest BCUT2D eigenvalue weighted by Gasteiger charge is 2.36. The number of carbonyl (C=O) groups excluding carboxylic acids is 1. The Morgan fingerprint density at radius 2 is 1.94 bits per heavy atom. The van der Waals surface area contributed by atoms with Gasteiger partial charge in [-0.3, -0.25) is 9.80 Å². The Morgan fingerprint density at radius 3 is 2.47 bits per heavy atom. The van der Waals surface area contributed by atoms with Crippen molar-refractivity contribution >= 4 is 6.09 Å². The van der Waals surface area contributed by atoms with E-state index < -0.39 is 5.60 Å². The molecule has 3 fully saturated rings. The summed E-state index contributed by atoms with van der Waals surface area (Å²) in [6.07, 6.45) is 1.81. The van der Waals surface area contributed by atoms with Gasteiger partial charge >= 0.3 is 6.09 Å². The van der Waals surface area contributed by atoms with Gasteiger partial charge in [-0.15, -0.1) is 0 Å². The minimum atomic E-state index is -0.443. The second kappa shape index (κ2) is 4.33. The number of nitrogens with zero attached hydrogens (tertiary/aromatic N) is 2. The summed E-state index contributed by atoms with van der Waals surface area (Å²) in [5, 5.41) is 0. The third-order valence-corrected chi connectivity index (χ3v) is 3.26. The Bertz CT molecular complexity index is 325. The van der Waals surface area contributed by atoms with E-state index in [4.69, 9.17) is 4.74 Å². The summed E-state index contributed by atoms with van der Waals surface area (Å²) in [4.78, 5) is 16.3. The summed E-state index contributed by atoms with van der Waals surface area (Å²) in [5.41, 5.74) is 0.432. The molecule has 3 rings (SSSR count). The van der Waals surface area contributed by atoms with E-state index in [-0.39, 0.29) is 12.1 Å². The molecule has 1 amide bonds. The molecule has 4 nitrogen and oxygen atoms in total. The highest BCUT2D eigenvalue weighted by Crippen LogP contribution is 2.27. The zero-order valence-electron chi connectivity index (χ0n) is 11.0. The topological polar surface area (TPSA) is 32.8 Å². The van der Waals surface area contributed by atoms with Gasteiger partial charge in [0, 0.05) is 31.4 Å². The van der Waals surface area contributed by atoms with Crippen molar-refractivity contribution in [3.8, 4) is 0 Å². The highest BCUT2D eigenvalue weighted by atomic mass is 16.6. The second-order valence-corrected chi connectivity index (χ2v) is 5.92. The van der Waals surface area contributed by atoms with Gasteiger partial charge in [-0.05, 0) is 33.6 Å². The fourth-order valence-electron chi connectivity index (χ4n) is 2.52. The van der Waals surface area contributed by atoms with E-state index in [1.165, 1.54) is 0 Å². The molecule has 3 aliphatic rings. The van der Waals surface area contributed by atoms with E-state index in [1.54, 1.807) is 4.90 Å². The number of carbonyl (C=O) groups is 1. The van der Waals surface area contributed by atoms with Gasteiger partial charge < -0.3 is 4.74 Å². The van der Waals surface area contributed by atoms with Crippen LogP contribution in [0.3, 0.4) is 0 Å². The van der Waals surface area contributed by atoms with Gasteiger partial charge in [0.25, 0.3) is 0 Å². The number of ether oxygens (including phenoxy) is 1. The lowest BCUT2D eigenvalue weighted by atomic mass is 10.1. The van der Waals surface area contributed by atoms with Crippen LogP contribution in [0.2, 0.25) is 0 Å². The van der Waals surface area contributed by atoms with Crippen LogP contribution in [0.25, 0.3) is 0 Å². The summed E-state index contributed by atoms with van der Waals surface area (Å²) >= 11 is 0. The monoisotopic (exact) mass is 238 g/mol. The molecular weight excluding hydrogens is 216 g/mol. The van der Waals surface area contributed by atoms with Crippen LogP contribution in [0.1, 0.15) is 33.6 Å². The van der Waals surface area contributed by atoms with Crippen molar-refractivity contribution < 1.29 is 9.53 Å². The van der Waals surface area contributed by atoms with Crippen LogP contribution in [0.5, 0.6) is 0 Å². The molecule has 0 radical (unpaired) electrons. The summed E-state index contributed by atoms with van der Waals surface area (Å²) < 4.78 is 5.46. The molecule has 0 aromatic carbocycles. The molecule has 0 aliphatic carbocycles. The average molecular weight is 238 g/mol. The predicted octanol–water partition coefficient (Wildman–Crippen LogP) is 2.22. The SMILES string of the molecule is C=C1CN2CCC(CC2)N1C(=O)OC(C)(C)C. The molecule has 96 valence electrons.